The molecule has 0 radical (unpaired) electrons. The first-order valence-corrected chi connectivity index (χ1v) is 13.3. The van der Waals surface area contributed by atoms with Crippen LogP contribution < -0.4 is 80.2 Å². The van der Waals surface area contributed by atoms with Crippen LogP contribution >= 0.6 is 15.6 Å². The van der Waals surface area contributed by atoms with Gasteiger partial charge in [-0.25, -0.2) is 9.11 Å². The van der Waals surface area contributed by atoms with Crippen molar-refractivity contribution >= 4 is 15.6 Å². The fourth-order valence-corrected chi connectivity index (χ4v) is 5.56. The van der Waals surface area contributed by atoms with Gasteiger partial charge in [-0.05, 0) is 0 Å². The van der Waals surface area contributed by atoms with Crippen LogP contribution in [-0.4, -0.2) is 109 Å². The molecule has 23 heteroatoms. The second-order valence-corrected chi connectivity index (χ2v) is 11.0. The van der Waals surface area contributed by atoms with E-state index >= 15 is 0 Å². The van der Waals surface area contributed by atoms with E-state index in [1.54, 1.807) is 0 Å². The van der Waals surface area contributed by atoms with Crippen molar-refractivity contribution in [1.29, 1.82) is 0 Å². The first kappa shape index (κ1) is 37.6. The largest absolute Gasteiger partial charge is 1.00 e. The molecule has 1 aromatic rings. The van der Waals surface area contributed by atoms with Crippen molar-refractivity contribution in [2.45, 2.75) is 55.1 Å². The van der Waals surface area contributed by atoms with Crippen molar-refractivity contribution < 1.29 is 132 Å². The quantitative estimate of drug-likeness (QED) is 0.0939. The number of aliphatic hydroxyl groups excluding tert-OH is 6. The number of phosphoric acid groups is 2. The molecule has 7 N–H and O–H groups in total. The van der Waals surface area contributed by atoms with E-state index in [-0.39, 0.29) is 59.1 Å². The molecule has 2 unspecified atom stereocenters. The van der Waals surface area contributed by atoms with E-state index in [0.29, 0.717) is 4.57 Å². The smallest absolute Gasteiger partial charge is 0.756 e. The number of rotatable bonds is 10. The summed E-state index contributed by atoms with van der Waals surface area (Å²) in [5.74, 6) is 0. The molecule has 2 aliphatic rings. The standard InChI is InChI=1S/C16H26N2O17P2.2Na/c19-3-6-10(21)13(24)11(22)7(33-6)4-31-36(27,28)35-37(29,30)32-5-8-12(23)14(25)15(34-8)18-2-1-9(20)17-16(18)26;;/h1-2,6-8,10-15,19,21-25H,3-5H2,(H,27,28)(H,29,30)(H,17,20,26);;/q;2*+1/p-2/t6-,7+,8-,10+,11+,12-,13+,14-,15-;;/m1../s1. The molecule has 3 heterocycles. The molecule has 39 heavy (non-hydrogen) atoms. The van der Waals surface area contributed by atoms with Crippen molar-refractivity contribution in [3.8, 4) is 0 Å². The third-order valence-corrected chi connectivity index (χ3v) is 7.98. The molecule has 0 aromatic carbocycles. The van der Waals surface area contributed by atoms with Crippen LogP contribution in [0.1, 0.15) is 6.23 Å². The number of phosphoric ester groups is 2. The summed E-state index contributed by atoms with van der Waals surface area (Å²) < 4.78 is 47.5. The van der Waals surface area contributed by atoms with Gasteiger partial charge >= 0.3 is 64.8 Å². The third-order valence-electron chi connectivity index (χ3n) is 5.45. The molecule has 2 fully saturated rings. The number of H-pyrrole nitrogens is 1. The van der Waals surface area contributed by atoms with Crippen molar-refractivity contribution in [2.24, 2.45) is 0 Å². The van der Waals surface area contributed by atoms with Crippen LogP contribution in [-0.2, 0) is 32.0 Å². The molecular weight excluding hydrogens is 600 g/mol. The van der Waals surface area contributed by atoms with Crippen LogP contribution in [0.15, 0.2) is 21.9 Å². The molecule has 0 spiro atoms. The zero-order valence-corrected chi connectivity index (χ0v) is 26.3. The van der Waals surface area contributed by atoms with E-state index in [1.807, 2.05) is 4.98 Å². The van der Waals surface area contributed by atoms with Gasteiger partial charge in [0.2, 0.25) is 0 Å². The predicted molar refractivity (Wildman–Crippen MR) is 109 cm³/mol. The number of hydrogen-bond donors (Lipinski definition) is 7. The van der Waals surface area contributed by atoms with Crippen LogP contribution in [0.5, 0.6) is 0 Å². The maximum absolute atomic E-state index is 12.0. The molecule has 3 rings (SSSR count). The fourth-order valence-electron chi connectivity index (χ4n) is 3.54. The Hall–Kier alpha value is 0.620. The second-order valence-electron chi connectivity index (χ2n) is 8.00. The Morgan fingerprint density at radius 1 is 0.846 bits per heavy atom. The maximum Gasteiger partial charge on any atom is 1.00 e. The number of nitrogens with zero attached hydrogens (tertiary/aromatic N) is 1. The number of nitrogens with one attached hydrogen (secondary N) is 1. The van der Waals surface area contributed by atoms with E-state index < -0.39 is 102 Å². The van der Waals surface area contributed by atoms with Gasteiger partial charge < -0.3 is 58.9 Å². The topological polar surface area (TPSA) is 303 Å². The van der Waals surface area contributed by atoms with Gasteiger partial charge in [-0.1, -0.05) is 0 Å². The first-order valence-electron chi connectivity index (χ1n) is 10.4. The first-order chi connectivity index (χ1) is 17.2. The van der Waals surface area contributed by atoms with Crippen molar-refractivity contribution in [2.75, 3.05) is 19.8 Å². The molecule has 19 nitrogen and oxygen atoms in total. The molecule has 0 bridgehead atoms. The summed E-state index contributed by atoms with van der Waals surface area (Å²) in [5.41, 5.74) is -1.76. The molecule has 2 saturated heterocycles. The van der Waals surface area contributed by atoms with Crippen LogP contribution in [0.4, 0.5) is 0 Å². The van der Waals surface area contributed by atoms with Gasteiger partial charge in [0.15, 0.2) is 6.23 Å². The Morgan fingerprint density at radius 2 is 1.33 bits per heavy atom. The van der Waals surface area contributed by atoms with Gasteiger partial charge in [0.25, 0.3) is 21.2 Å². The minimum Gasteiger partial charge on any atom is -0.756 e. The second kappa shape index (κ2) is 15.4. The summed E-state index contributed by atoms with van der Waals surface area (Å²) in [6, 6.07) is 0.920. The van der Waals surface area contributed by atoms with Crippen LogP contribution in [0, 0.1) is 0 Å². The number of ether oxygens (including phenoxy) is 2. The molecule has 0 saturated carbocycles. The average molecular weight is 624 g/mol. The molecule has 0 aliphatic carbocycles. The fraction of sp³-hybridized carbons (Fsp3) is 0.750. The van der Waals surface area contributed by atoms with Gasteiger partial charge in [-0.3, -0.25) is 23.5 Å². The average Bonchev–Trinajstić information content (AvgIpc) is 3.09. The number of hydrogen-bond acceptors (Lipinski definition) is 17. The van der Waals surface area contributed by atoms with Crippen LogP contribution in [0.25, 0.3) is 0 Å². The molecule has 11 atom stereocenters. The predicted octanol–water partition coefficient (Wildman–Crippen LogP) is -12.0. The molecule has 1 aromatic heterocycles. The summed E-state index contributed by atoms with van der Waals surface area (Å²) in [5, 5.41) is 58.6. The Labute approximate surface area is 263 Å². The summed E-state index contributed by atoms with van der Waals surface area (Å²) >= 11 is 0. The zero-order chi connectivity index (χ0) is 27.7. The Morgan fingerprint density at radius 3 is 1.85 bits per heavy atom. The molecule has 212 valence electrons. The number of aromatic amines is 1. The number of aliphatic hydroxyl groups is 6. The van der Waals surface area contributed by atoms with Crippen molar-refractivity contribution in [3.63, 3.8) is 0 Å². The Balaban J connectivity index is 0.00000380. The van der Waals surface area contributed by atoms with Gasteiger partial charge in [0, 0.05) is 12.3 Å². The summed E-state index contributed by atoms with van der Waals surface area (Å²) in [6.45, 7) is -2.98. The summed E-state index contributed by atoms with van der Waals surface area (Å²) in [4.78, 5) is 48.9. The third kappa shape index (κ3) is 9.56. The Kier molecular flexibility index (Phi) is 14.8. The normalized spacial score (nSPS) is 35.7. The van der Waals surface area contributed by atoms with E-state index in [4.69, 9.17) is 14.6 Å². The van der Waals surface area contributed by atoms with Crippen LogP contribution in [0.2, 0.25) is 0 Å². The monoisotopic (exact) mass is 624 g/mol. The van der Waals surface area contributed by atoms with Gasteiger partial charge in [-0.15, -0.1) is 0 Å². The number of aromatic nitrogens is 2. The van der Waals surface area contributed by atoms with E-state index in [0.717, 1.165) is 12.3 Å². The zero-order valence-electron chi connectivity index (χ0n) is 20.5. The van der Waals surface area contributed by atoms with Gasteiger partial charge in [0.05, 0.1) is 19.8 Å². The molecular formula is C16H24N2Na2O17P2. The maximum atomic E-state index is 12.0. The van der Waals surface area contributed by atoms with E-state index in [1.165, 1.54) is 0 Å². The van der Waals surface area contributed by atoms with Crippen molar-refractivity contribution in [3.05, 3.63) is 33.1 Å². The molecule has 2 aliphatic heterocycles. The van der Waals surface area contributed by atoms with E-state index in [2.05, 4.69) is 13.4 Å². The van der Waals surface area contributed by atoms with E-state index in [9.17, 15) is 54.0 Å². The summed E-state index contributed by atoms with van der Waals surface area (Å²) in [6.07, 6.45) is -14.3. The van der Waals surface area contributed by atoms with Crippen LogP contribution in [0.3, 0.4) is 0 Å². The summed E-state index contributed by atoms with van der Waals surface area (Å²) in [7, 11) is -11.4. The van der Waals surface area contributed by atoms with Gasteiger partial charge in [-0.2, -0.15) is 0 Å². The minimum absolute atomic E-state index is 0. The minimum atomic E-state index is -5.72. The Bertz CT molecular complexity index is 1150. The molecule has 0 amide bonds. The van der Waals surface area contributed by atoms with Gasteiger partial charge in [0.1, 0.15) is 48.8 Å². The SMILES string of the molecule is O=c1ccn([C@@H]2O[C@H](COP(=O)([O-])OP(=O)([O-])OC[C@@H]3O[C@H](CO)[C@H](O)[C@H](O)[C@H]3O)[C@@H](O)[C@H]2O)c(=O)[nH]1.[Na+].[Na+]. The van der Waals surface area contributed by atoms with Crippen molar-refractivity contribution in [1.82, 2.24) is 9.55 Å².